The van der Waals surface area contributed by atoms with E-state index in [2.05, 4.69) is 84.1 Å². The number of hydrogen-bond donors (Lipinski definition) is 1. The van der Waals surface area contributed by atoms with Gasteiger partial charge in [-0.25, -0.2) is 0 Å². The molecule has 0 fully saturated rings. The number of rotatable bonds is 3. The maximum Gasteiger partial charge on any atom is 0.119 e. The summed E-state index contributed by atoms with van der Waals surface area (Å²) in [7, 11) is 0. The van der Waals surface area contributed by atoms with E-state index in [4.69, 9.17) is 0 Å². The van der Waals surface area contributed by atoms with Crippen LogP contribution >= 0.6 is 0 Å². The van der Waals surface area contributed by atoms with E-state index in [1.165, 1.54) is 11.1 Å². The molecular weight excluding hydrogens is 292 g/mol. The zero-order chi connectivity index (χ0) is 18.0. The van der Waals surface area contributed by atoms with E-state index in [-0.39, 0.29) is 10.8 Å². The number of allylic oxidation sites excluding steroid dienone is 6. The standard InChI is InChI=1S/C23H32O/c1-22(2,3)19-15-18(21(24)16-20(19)23(4,5)6)14-10-13-17-11-8-7-9-12-17/h7-11,13,15-17,24H,12,14H2,1-6H3. The Morgan fingerprint density at radius 2 is 1.62 bits per heavy atom. The van der Waals surface area contributed by atoms with Crippen LogP contribution in [0, 0.1) is 5.92 Å². The average Bonchev–Trinajstić information content (AvgIpc) is 2.47. The lowest BCUT2D eigenvalue weighted by molar-refractivity contribution is 0.460. The quantitative estimate of drug-likeness (QED) is 0.654. The molecule has 1 aliphatic carbocycles. The Bertz CT molecular complexity index is 661. The number of benzene rings is 1. The highest BCUT2D eigenvalue weighted by Gasteiger charge is 2.26. The van der Waals surface area contributed by atoms with Gasteiger partial charge in [-0.1, -0.05) is 84.1 Å². The summed E-state index contributed by atoms with van der Waals surface area (Å²) in [4.78, 5) is 0. The smallest absolute Gasteiger partial charge is 0.119 e. The molecule has 0 heterocycles. The third-order valence-corrected chi connectivity index (χ3v) is 4.57. The minimum absolute atomic E-state index is 0.0215. The summed E-state index contributed by atoms with van der Waals surface area (Å²) < 4.78 is 0. The Balaban J connectivity index is 2.29. The summed E-state index contributed by atoms with van der Waals surface area (Å²) in [5.41, 5.74) is 3.66. The number of aromatic hydroxyl groups is 1. The Morgan fingerprint density at radius 1 is 1.00 bits per heavy atom. The maximum atomic E-state index is 10.5. The lowest BCUT2D eigenvalue weighted by Crippen LogP contribution is -2.22. The summed E-state index contributed by atoms with van der Waals surface area (Å²) in [6.45, 7) is 13.4. The van der Waals surface area contributed by atoms with E-state index in [0.29, 0.717) is 11.7 Å². The highest BCUT2D eigenvalue weighted by molar-refractivity contribution is 5.48. The Kier molecular flexibility index (Phi) is 5.42. The van der Waals surface area contributed by atoms with Gasteiger partial charge >= 0.3 is 0 Å². The fraction of sp³-hybridized carbons (Fsp3) is 0.478. The fourth-order valence-electron chi connectivity index (χ4n) is 3.15. The van der Waals surface area contributed by atoms with Gasteiger partial charge in [0.15, 0.2) is 0 Å². The van der Waals surface area contributed by atoms with Crippen LogP contribution in [-0.2, 0) is 17.3 Å². The van der Waals surface area contributed by atoms with Crippen LogP contribution in [0.4, 0.5) is 0 Å². The van der Waals surface area contributed by atoms with Crippen LogP contribution in [0.1, 0.15) is 64.7 Å². The van der Waals surface area contributed by atoms with E-state index < -0.39 is 0 Å². The second kappa shape index (κ2) is 7.01. The molecule has 1 nitrogen and oxygen atoms in total. The molecule has 130 valence electrons. The summed E-state index contributed by atoms with van der Waals surface area (Å²) in [6, 6.07) is 4.18. The third kappa shape index (κ3) is 4.63. The molecule has 0 saturated carbocycles. The average molecular weight is 325 g/mol. The van der Waals surface area contributed by atoms with E-state index in [0.717, 1.165) is 18.4 Å². The Labute approximate surface area is 147 Å². The monoisotopic (exact) mass is 324 g/mol. The number of phenolic OH excluding ortho intramolecular Hbond substituents is 1. The molecule has 0 bridgehead atoms. The summed E-state index contributed by atoms with van der Waals surface area (Å²) >= 11 is 0. The lowest BCUT2D eigenvalue weighted by Gasteiger charge is -2.31. The van der Waals surface area contributed by atoms with Crippen molar-refractivity contribution in [3.05, 3.63) is 65.3 Å². The molecule has 0 saturated heterocycles. The van der Waals surface area contributed by atoms with Gasteiger partial charge in [0.25, 0.3) is 0 Å². The zero-order valence-electron chi connectivity index (χ0n) is 16.1. The van der Waals surface area contributed by atoms with Crippen LogP contribution in [0.3, 0.4) is 0 Å². The van der Waals surface area contributed by atoms with Gasteiger partial charge in [0, 0.05) is 0 Å². The predicted octanol–water partition coefficient (Wildman–Crippen LogP) is 6.22. The van der Waals surface area contributed by atoms with Gasteiger partial charge in [-0.05, 0) is 52.3 Å². The minimum Gasteiger partial charge on any atom is -0.508 e. The van der Waals surface area contributed by atoms with Crippen LogP contribution in [0.25, 0.3) is 0 Å². The van der Waals surface area contributed by atoms with Crippen molar-refractivity contribution in [3.8, 4) is 5.75 Å². The summed E-state index contributed by atoms with van der Waals surface area (Å²) in [5, 5.41) is 10.5. The SMILES string of the molecule is CC(C)(C)c1cc(O)c(CC=CC2C=CC=CC2)cc1C(C)(C)C. The Hall–Kier alpha value is -1.76. The van der Waals surface area contributed by atoms with Crippen molar-refractivity contribution >= 4 is 0 Å². The molecule has 2 rings (SSSR count). The highest BCUT2D eigenvalue weighted by Crippen LogP contribution is 2.38. The van der Waals surface area contributed by atoms with E-state index >= 15 is 0 Å². The van der Waals surface area contributed by atoms with Crippen molar-refractivity contribution in [2.75, 3.05) is 0 Å². The molecule has 1 heteroatoms. The second-order valence-electron chi connectivity index (χ2n) is 8.87. The van der Waals surface area contributed by atoms with Gasteiger partial charge in [0.2, 0.25) is 0 Å². The molecule has 1 aromatic rings. The van der Waals surface area contributed by atoms with Gasteiger partial charge < -0.3 is 5.11 Å². The molecule has 1 N–H and O–H groups in total. The zero-order valence-corrected chi connectivity index (χ0v) is 16.1. The molecule has 1 aliphatic rings. The van der Waals surface area contributed by atoms with Gasteiger partial charge in [0.1, 0.15) is 5.75 Å². The van der Waals surface area contributed by atoms with Crippen LogP contribution < -0.4 is 0 Å². The van der Waals surface area contributed by atoms with Crippen molar-refractivity contribution in [1.29, 1.82) is 0 Å². The van der Waals surface area contributed by atoms with Crippen molar-refractivity contribution in [3.63, 3.8) is 0 Å². The highest BCUT2D eigenvalue weighted by atomic mass is 16.3. The molecule has 0 radical (unpaired) electrons. The lowest BCUT2D eigenvalue weighted by atomic mass is 9.74. The molecule has 1 aromatic carbocycles. The topological polar surface area (TPSA) is 20.2 Å². The molecule has 1 atom stereocenters. The molecule has 0 aromatic heterocycles. The molecule has 0 spiro atoms. The summed E-state index contributed by atoms with van der Waals surface area (Å²) in [5.74, 6) is 0.893. The van der Waals surface area contributed by atoms with Gasteiger partial charge in [-0.15, -0.1) is 0 Å². The minimum atomic E-state index is 0.0215. The fourth-order valence-corrected chi connectivity index (χ4v) is 3.15. The first kappa shape index (κ1) is 18.6. The van der Waals surface area contributed by atoms with E-state index in [1.807, 2.05) is 6.07 Å². The van der Waals surface area contributed by atoms with Crippen LogP contribution in [0.2, 0.25) is 0 Å². The van der Waals surface area contributed by atoms with E-state index in [1.54, 1.807) is 0 Å². The number of phenols is 1. The molecule has 24 heavy (non-hydrogen) atoms. The van der Waals surface area contributed by atoms with Crippen molar-refractivity contribution < 1.29 is 5.11 Å². The van der Waals surface area contributed by atoms with Gasteiger partial charge in [-0.3, -0.25) is 0 Å². The summed E-state index contributed by atoms with van der Waals surface area (Å²) in [6.07, 6.45) is 14.9. The van der Waals surface area contributed by atoms with Crippen molar-refractivity contribution in [2.24, 2.45) is 5.92 Å². The van der Waals surface area contributed by atoms with Gasteiger partial charge in [0.05, 0.1) is 0 Å². The second-order valence-corrected chi connectivity index (χ2v) is 8.87. The normalized spacial score (nSPS) is 18.5. The van der Waals surface area contributed by atoms with Crippen LogP contribution in [-0.4, -0.2) is 5.11 Å². The third-order valence-electron chi connectivity index (χ3n) is 4.57. The molecular formula is C23H32O. The first-order valence-electron chi connectivity index (χ1n) is 8.96. The van der Waals surface area contributed by atoms with E-state index in [9.17, 15) is 5.11 Å². The van der Waals surface area contributed by atoms with Crippen LogP contribution in [0.5, 0.6) is 5.75 Å². The molecule has 1 unspecified atom stereocenters. The first-order chi connectivity index (χ1) is 11.1. The Morgan fingerprint density at radius 3 is 2.17 bits per heavy atom. The van der Waals surface area contributed by atoms with Crippen molar-refractivity contribution in [1.82, 2.24) is 0 Å². The van der Waals surface area contributed by atoms with Crippen molar-refractivity contribution in [2.45, 2.75) is 65.2 Å². The molecule has 0 aliphatic heterocycles. The van der Waals surface area contributed by atoms with Gasteiger partial charge in [-0.2, -0.15) is 0 Å². The maximum absolute atomic E-state index is 10.5. The first-order valence-corrected chi connectivity index (χ1v) is 8.96. The number of hydrogen-bond acceptors (Lipinski definition) is 1. The van der Waals surface area contributed by atoms with Crippen LogP contribution in [0.15, 0.2) is 48.6 Å². The predicted molar refractivity (Wildman–Crippen MR) is 105 cm³/mol. The molecule has 0 amide bonds. The largest absolute Gasteiger partial charge is 0.508 e.